The van der Waals surface area contributed by atoms with Crippen molar-refractivity contribution < 1.29 is 9.53 Å². The maximum absolute atomic E-state index is 12.0. The van der Waals surface area contributed by atoms with E-state index in [0.29, 0.717) is 0 Å². The highest BCUT2D eigenvalue weighted by Crippen LogP contribution is 2.57. The van der Waals surface area contributed by atoms with Gasteiger partial charge in [-0.1, -0.05) is 19.9 Å². The van der Waals surface area contributed by atoms with Gasteiger partial charge in [0.1, 0.15) is 0 Å². The predicted molar refractivity (Wildman–Crippen MR) is 88.9 cm³/mol. The summed E-state index contributed by atoms with van der Waals surface area (Å²) in [5.74, 6) is -0.00107. The molecular weight excluding hydrogens is 274 g/mol. The van der Waals surface area contributed by atoms with E-state index in [9.17, 15) is 4.79 Å². The largest absolute Gasteiger partial charge is 0.469 e. The molecule has 22 heavy (non-hydrogen) atoms. The van der Waals surface area contributed by atoms with Crippen LogP contribution in [-0.4, -0.2) is 18.1 Å². The van der Waals surface area contributed by atoms with E-state index in [-0.39, 0.29) is 16.8 Å². The van der Waals surface area contributed by atoms with Crippen LogP contribution >= 0.6 is 0 Å². The molecular formula is C19H29NO2. The number of nitrogens with zero attached hydrogens (tertiary/aromatic N) is 1. The van der Waals surface area contributed by atoms with E-state index >= 15 is 0 Å². The molecule has 0 spiro atoms. The van der Waals surface area contributed by atoms with Crippen LogP contribution < -0.4 is 0 Å². The zero-order valence-corrected chi connectivity index (χ0v) is 14.7. The minimum Gasteiger partial charge on any atom is -0.469 e. The third-order valence-electron chi connectivity index (χ3n) is 5.76. The Morgan fingerprint density at radius 3 is 2.05 bits per heavy atom. The van der Waals surface area contributed by atoms with Gasteiger partial charge in [0.15, 0.2) is 0 Å². The fourth-order valence-electron chi connectivity index (χ4n) is 4.02. The maximum atomic E-state index is 12.0. The van der Waals surface area contributed by atoms with Gasteiger partial charge in [-0.15, -0.1) is 0 Å². The van der Waals surface area contributed by atoms with Crippen molar-refractivity contribution in [2.45, 2.75) is 71.6 Å². The Morgan fingerprint density at radius 2 is 1.59 bits per heavy atom. The molecule has 3 saturated carbocycles. The number of ether oxygens (including phenoxy) is 1. The van der Waals surface area contributed by atoms with Gasteiger partial charge in [0, 0.05) is 16.8 Å². The molecule has 3 aliphatic carbocycles. The lowest BCUT2D eigenvalue weighted by atomic mass is 9.52. The Balaban J connectivity index is 0.000000847. The van der Waals surface area contributed by atoms with Gasteiger partial charge in [-0.3, -0.25) is 9.78 Å². The van der Waals surface area contributed by atoms with Crippen LogP contribution in [0.5, 0.6) is 0 Å². The Labute approximate surface area is 134 Å². The Hall–Kier alpha value is -1.38. The predicted octanol–water partition coefficient (Wildman–Crippen LogP) is 4.49. The third-order valence-corrected chi connectivity index (χ3v) is 5.76. The summed E-state index contributed by atoms with van der Waals surface area (Å²) < 4.78 is 5.03. The summed E-state index contributed by atoms with van der Waals surface area (Å²) in [5.41, 5.74) is 3.62. The van der Waals surface area contributed by atoms with Crippen LogP contribution in [0.4, 0.5) is 0 Å². The van der Waals surface area contributed by atoms with E-state index in [1.165, 1.54) is 18.4 Å². The highest BCUT2D eigenvalue weighted by molar-refractivity contribution is 5.77. The van der Waals surface area contributed by atoms with Gasteiger partial charge >= 0.3 is 5.97 Å². The van der Waals surface area contributed by atoms with E-state index in [1.807, 2.05) is 13.8 Å². The van der Waals surface area contributed by atoms with Crippen molar-refractivity contribution in [2.75, 3.05) is 7.11 Å². The van der Waals surface area contributed by atoms with Gasteiger partial charge < -0.3 is 4.74 Å². The second-order valence-corrected chi connectivity index (χ2v) is 6.65. The molecule has 0 atom stereocenters. The molecule has 3 fully saturated rings. The topological polar surface area (TPSA) is 39.2 Å². The maximum Gasteiger partial charge on any atom is 0.311 e. The van der Waals surface area contributed by atoms with Crippen LogP contribution in [0.1, 0.15) is 69.3 Å². The van der Waals surface area contributed by atoms with Crippen LogP contribution in [0.2, 0.25) is 0 Å². The number of aryl methyl sites for hydroxylation is 2. The van der Waals surface area contributed by atoms with Crippen molar-refractivity contribution in [2.24, 2.45) is 5.41 Å². The zero-order chi connectivity index (χ0) is 16.4. The molecule has 1 aromatic heterocycles. The van der Waals surface area contributed by atoms with Gasteiger partial charge in [-0.25, -0.2) is 0 Å². The molecule has 0 amide bonds. The minimum absolute atomic E-state index is 0.00107. The second-order valence-electron chi connectivity index (χ2n) is 6.65. The van der Waals surface area contributed by atoms with E-state index in [4.69, 9.17) is 9.72 Å². The summed E-state index contributed by atoms with van der Waals surface area (Å²) in [4.78, 5) is 16.9. The van der Waals surface area contributed by atoms with Gasteiger partial charge in [-0.2, -0.15) is 0 Å². The highest BCUT2D eigenvalue weighted by Gasteiger charge is 2.54. The van der Waals surface area contributed by atoms with E-state index in [1.54, 1.807) is 0 Å². The van der Waals surface area contributed by atoms with Crippen LogP contribution in [0.3, 0.4) is 0 Å². The van der Waals surface area contributed by atoms with Crippen LogP contribution in [0.15, 0.2) is 12.1 Å². The van der Waals surface area contributed by atoms with Gasteiger partial charge in [0.2, 0.25) is 0 Å². The lowest BCUT2D eigenvalue weighted by molar-refractivity contribution is -0.160. The molecule has 0 aromatic carbocycles. The number of carbonyl (C=O) groups is 1. The van der Waals surface area contributed by atoms with Crippen molar-refractivity contribution in [3.8, 4) is 0 Å². The molecule has 0 aliphatic heterocycles. The average Bonchev–Trinajstić information content (AvgIpc) is 2.60. The van der Waals surface area contributed by atoms with Gasteiger partial charge in [0.25, 0.3) is 0 Å². The van der Waals surface area contributed by atoms with Crippen molar-refractivity contribution in [3.63, 3.8) is 0 Å². The van der Waals surface area contributed by atoms with E-state index in [0.717, 1.165) is 44.2 Å². The number of pyridine rings is 1. The lowest BCUT2D eigenvalue weighted by Crippen LogP contribution is -2.48. The number of methoxy groups -OCH3 is 1. The van der Waals surface area contributed by atoms with Gasteiger partial charge in [0.05, 0.1) is 12.5 Å². The smallest absolute Gasteiger partial charge is 0.311 e. The summed E-state index contributed by atoms with van der Waals surface area (Å²) in [6.07, 6.45) is 6.06. The molecule has 3 heteroatoms. The number of esters is 1. The minimum atomic E-state index is -0.198. The standard InChI is InChI=1S/C17H23NO2.C2H6/c1-12-4-5-14(18-13(12)2)16-6-9-17(10-7-16,11-8-16)15(19)20-3;1-2/h4-5H,6-11H2,1-3H3;1-2H3. The number of rotatable bonds is 2. The first kappa shape index (κ1) is 17.0. The summed E-state index contributed by atoms with van der Waals surface area (Å²) >= 11 is 0. The van der Waals surface area contributed by atoms with Crippen LogP contribution in [0, 0.1) is 19.3 Å². The van der Waals surface area contributed by atoms with Crippen LogP contribution in [-0.2, 0) is 14.9 Å². The number of carbonyl (C=O) groups excluding carboxylic acids is 1. The molecule has 1 heterocycles. The first-order valence-electron chi connectivity index (χ1n) is 8.55. The highest BCUT2D eigenvalue weighted by atomic mass is 16.5. The van der Waals surface area contributed by atoms with Crippen molar-refractivity contribution in [3.05, 3.63) is 29.1 Å². The van der Waals surface area contributed by atoms with Crippen LogP contribution in [0.25, 0.3) is 0 Å². The SMILES string of the molecule is CC.COC(=O)C12CCC(c3ccc(C)c(C)n3)(CC1)CC2. The molecule has 0 unspecified atom stereocenters. The first-order valence-corrected chi connectivity index (χ1v) is 8.55. The average molecular weight is 303 g/mol. The molecule has 0 N–H and O–H groups in total. The normalized spacial score (nSPS) is 29.5. The summed E-state index contributed by atoms with van der Waals surface area (Å²) in [6.45, 7) is 8.19. The fourth-order valence-corrected chi connectivity index (χ4v) is 4.02. The molecule has 2 bridgehead atoms. The number of fused-ring (bicyclic) bond motifs is 3. The Bertz CT molecular complexity index is 526. The van der Waals surface area contributed by atoms with Crippen molar-refractivity contribution in [1.82, 2.24) is 4.98 Å². The molecule has 3 aliphatic rings. The lowest BCUT2D eigenvalue weighted by Gasteiger charge is -2.51. The van der Waals surface area contributed by atoms with Crippen molar-refractivity contribution >= 4 is 5.97 Å². The Kier molecular flexibility index (Phi) is 4.93. The molecule has 3 nitrogen and oxygen atoms in total. The quantitative estimate of drug-likeness (QED) is 0.756. The monoisotopic (exact) mass is 303 g/mol. The molecule has 0 radical (unpaired) electrons. The summed E-state index contributed by atoms with van der Waals surface area (Å²) in [5, 5.41) is 0. The summed E-state index contributed by atoms with van der Waals surface area (Å²) in [6, 6.07) is 4.38. The molecule has 4 rings (SSSR count). The molecule has 0 saturated heterocycles. The first-order chi connectivity index (χ1) is 10.5. The zero-order valence-electron chi connectivity index (χ0n) is 14.7. The number of hydrogen-bond acceptors (Lipinski definition) is 3. The second kappa shape index (κ2) is 6.39. The molecule has 122 valence electrons. The number of hydrogen-bond donors (Lipinski definition) is 0. The Morgan fingerprint density at radius 1 is 1.05 bits per heavy atom. The summed E-state index contributed by atoms with van der Waals surface area (Å²) in [7, 11) is 1.51. The van der Waals surface area contributed by atoms with Crippen molar-refractivity contribution in [1.29, 1.82) is 0 Å². The fraction of sp³-hybridized carbons (Fsp3) is 0.684. The van der Waals surface area contributed by atoms with Gasteiger partial charge in [-0.05, 0) is 64.0 Å². The molecule has 1 aromatic rings. The number of aromatic nitrogens is 1. The van der Waals surface area contributed by atoms with E-state index < -0.39 is 0 Å². The third kappa shape index (κ3) is 2.66. The van der Waals surface area contributed by atoms with E-state index in [2.05, 4.69) is 26.0 Å².